The molecular formula is C10H21O. The predicted octanol–water partition coefficient (Wildman–Crippen LogP) is 2.79. The fourth-order valence-electron chi connectivity index (χ4n) is 0.994. The van der Waals surface area contributed by atoms with E-state index < -0.39 is 5.60 Å². The molecule has 0 unspecified atom stereocenters. The molecule has 0 saturated heterocycles. The van der Waals surface area contributed by atoms with Gasteiger partial charge in [0.1, 0.15) is 0 Å². The number of aliphatic hydroxyl groups is 1. The first-order valence-electron chi connectivity index (χ1n) is 4.60. The lowest BCUT2D eigenvalue weighted by atomic mass is 9.89. The lowest BCUT2D eigenvalue weighted by Crippen LogP contribution is -2.27. The van der Waals surface area contributed by atoms with Gasteiger partial charge in [-0.1, -0.05) is 27.7 Å². The average Bonchev–Trinajstić information content (AvgIpc) is 2.00. The van der Waals surface area contributed by atoms with Crippen LogP contribution in [0.25, 0.3) is 0 Å². The van der Waals surface area contributed by atoms with E-state index >= 15 is 0 Å². The van der Waals surface area contributed by atoms with E-state index in [9.17, 15) is 5.11 Å². The largest absolute Gasteiger partial charge is 0.390 e. The predicted molar refractivity (Wildman–Crippen MR) is 49.3 cm³/mol. The van der Waals surface area contributed by atoms with Crippen LogP contribution in [0.2, 0.25) is 0 Å². The molecule has 1 N–H and O–H groups in total. The lowest BCUT2D eigenvalue weighted by molar-refractivity contribution is 0.0604. The topological polar surface area (TPSA) is 20.2 Å². The van der Waals surface area contributed by atoms with Crippen LogP contribution in [-0.2, 0) is 0 Å². The van der Waals surface area contributed by atoms with Gasteiger partial charge in [-0.25, -0.2) is 0 Å². The van der Waals surface area contributed by atoms with Crippen LogP contribution in [0.5, 0.6) is 0 Å². The summed E-state index contributed by atoms with van der Waals surface area (Å²) in [5.74, 6) is 0.652. The van der Waals surface area contributed by atoms with E-state index in [2.05, 4.69) is 20.3 Å². The fraction of sp³-hybridized carbons (Fsp3) is 0.900. The van der Waals surface area contributed by atoms with Gasteiger partial charge in [0.2, 0.25) is 0 Å². The Balaban J connectivity index is 3.69. The van der Waals surface area contributed by atoms with E-state index in [1.54, 1.807) is 0 Å². The minimum Gasteiger partial charge on any atom is -0.390 e. The Morgan fingerprint density at radius 2 is 1.73 bits per heavy atom. The zero-order valence-electron chi connectivity index (χ0n) is 8.22. The van der Waals surface area contributed by atoms with E-state index in [0.29, 0.717) is 5.92 Å². The van der Waals surface area contributed by atoms with Crippen molar-refractivity contribution < 1.29 is 5.11 Å². The SMILES string of the molecule is CCC(O)([CH]CC(C)C)CC. The van der Waals surface area contributed by atoms with Crippen LogP contribution in [0.3, 0.4) is 0 Å². The Morgan fingerprint density at radius 1 is 1.27 bits per heavy atom. The van der Waals surface area contributed by atoms with Gasteiger partial charge in [0, 0.05) is 0 Å². The van der Waals surface area contributed by atoms with Gasteiger partial charge in [0.15, 0.2) is 0 Å². The van der Waals surface area contributed by atoms with Gasteiger partial charge in [-0.15, -0.1) is 0 Å². The van der Waals surface area contributed by atoms with Gasteiger partial charge < -0.3 is 5.11 Å². The third kappa shape index (κ3) is 4.41. The molecule has 0 fully saturated rings. The van der Waals surface area contributed by atoms with Gasteiger partial charge in [-0.2, -0.15) is 0 Å². The van der Waals surface area contributed by atoms with Crippen molar-refractivity contribution >= 4 is 0 Å². The molecule has 67 valence electrons. The normalized spacial score (nSPS) is 12.5. The average molecular weight is 157 g/mol. The fourth-order valence-corrected chi connectivity index (χ4v) is 0.994. The highest BCUT2D eigenvalue weighted by Gasteiger charge is 2.21. The molecular weight excluding hydrogens is 136 g/mol. The molecule has 0 aromatic heterocycles. The van der Waals surface area contributed by atoms with Crippen molar-refractivity contribution in [1.29, 1.82) is 0 Å². The summed E-state index contributed by atoms with van der Waals surface area (Å²) < 4.78 is 0. The summed E-state index contributed by atoms with van der Waals surface area (Å²) in [6, 6.07) is 0. The molecule has 0 aliphatic carbocycles. The Bertz CT molecular complexity index is 93.0. The number of hydrogen-bond donors (Lipinski definition) is 1. The molecule has 1 radical (unpaired) electrons. The highest BCUT2D eigenvalue weighted by molar-refractivity contribution is 4.90. The Labute approximate surface area is 70.8 Å². The minimum absolute atomic E-state index is 0.510. The molecule has 0 spiro atoms. The molecule has 0 aromatic carbocycles. The first-order chi connectivity index (χ1) is 5.04. The zero-order chi connectivity index (χ0) is 8.91. The van der Waals surface area contributed by atoms with Crippen LogP contribution >= 0.6 is 0 Å². The van der Waals surface area contributed by atoms with Crippen LogP contribution in [0.4, 0.5) is 0 Å². The molecule has 0 atom stereocenters. The molecule has 11 heavy (non-hydrogen) atoms. The van der Waals surface area contributed by atoms with E-state index in [1.165, 1.54) is 0 Å². The first kappa shape index (κ1) is 11.0. The summed E-state index contributed by atoms with van der Waals surface area (Å²) in [7, 11) is 0. The molecule has 0 aromatic rings. The molecule has 1 heteroatoms. The van der Waals surface area contributed by atoms with Crippen LogP contribution in [0.1, 0.15) is 47.0 Å². The molecule has 0 bridgehead atoms. The summed E-state index contributed by atoms with van der Waals surface area (Å²) >= 11 is 0. The van der Waals surface area contributed by atoms with E-state index in [1.807, 2.05) is 13.8 Å². The summed E-state index contributed by atoms with van der Waals surface area (Å²) in [6.07, 6.45) is 4.72. The van der Waals surface area contributed by atoms with Crippen molar-refractivity contribution in [1.82, 2.24) is 0 Å². The second kappa shape index (κ2) is 4.76. The van der Waals surface area contributed by atoms with E-state index in [4.69, 9.17) is 0 Å². The highest BCUT2D eigenvalue weighted by atomic mass is 16.3. The smallest absolute Gasteiger partial charge is 0.0674 e. The lowest BCUT2D eigenvalue weighted by Gasteiger charge is -2.25. The summed E-state index contributed by atoms with van der Waals surface area (Å²) in [6.45, 7) is 8.39. The maximum absolute atomic E-state index is 9.82. The summed E-state index contributed by atoms with van der Waals surface area (Å²) in [5.41, 5.74) is -0.510. The van der Waals surface area contributed by atoms with Crippen LogP contribution in [-0.4, -0.2) is 10.7 Å². The molecule has 0 saturated carbocycles. The standard InChI is InChI=1S/C10H21O/c1-5-10(11,6-2)8-7-9(3)4/h8-9,11H,5-7H2,1-4H3. The van der Waals surface area contributed by atoms with Crippen molar-refractivity contribution in [2.75, 3.05) is 0 Å². The zero-order valence-corrected chi connectivity index (χ0v) is 8.22. The van der Waals surface area contributed by atoms with Crippen LogP contribution in [0.15, 0.2) is 0 Å². The van der Waals surface area contributed by atoms with Crippen molar-refractivity contribution in [3.05, 3.63) is 6.42 Å². The third-order valence-electron chi connectivity index (χ3n) is 2.19. The van der Waals surface area contributed by atoms with Gasteiger partial charge in [-0.3, -0.25) is 0 Å². The molecule has 0 amide bonds. The molecule has 0 aliphatic heterocycles. The maximum Gasteiger partial charge on any atom is 0.0674 e. The Hall–Kier alpha value is -0.0400. The summed E-state index contributed by atoms with van der Waals surface area (Å²) in [5, 5.41) is 9.82. The van der Waals surface area contributed by atoms with Gasteiger partial charge in [0.05, 0.1) is 5.60 Å². The monoisotopic (exact) mass is 157 g/mol. The highest BCUT2D eigenvalue weighted by Crippen LogP contribution is 2.22. The molecule has 0 aliphatic rings. The third-order valence-corrected chi connectivity index (χ3v) is 2.19. The van der Waals surface area contributed by atoms with Crippen molar-refractivity contribution in [3.63, 3.8) is 0 Å². The Kier molecular flexibility index (Phi) is 4.74. The molecule has 1 nitrogen and oxygen atoms in total. The van der Waals surface area contributed by atoms with Gasteiger partial charge >= 0.3 is 0 Å². The number of hydrogen-bond acceptors (Lipinski definition) is 1. The quantitative estimate of drug-likeness (QED) is 0.650. The molecule has 0 heterocycles. The minimum atomic E-state index is -0.510. The van der Waals surface area contributed by atoms with Gasteiger partial charge in [-0.05, 0) is 31.6 Å². The van der Waals surface area contributed by atoms with Gasteiger partial charge in [0.25, 0.3) is 0 Å². The van der Waals surface area contributed by atoms with Crippen molar-refractivity contribution in [2.45, 2.75) is 52.6 Å². The second-order valence-corrected chi connectivity index (χ2v) is 3.64. The first-order valence-corrected chi connectivity index (χ1v) is 4.60. The Morgan fingerprint density at radius 3 is 2.00 bits per heavy atom. The maximum atomic E-state index is 9.82. The van der Waals surface area contributed by atoms with Crippen LogP contribution in [0, 0.1) is 12.3 Å². The van der Waals surface area contributed by atoms with Crippen molar-refractivity contribution in [2.24, 2.45) is 5.92 Å². The summed E-state index contributed by atoms with van der Waals surface area (Å²) in [4.78, 5) is 0. The van der Waals surface area contributed by atoms with E-state index in [0.717, 1.165) is 19.3 Å². The number of rotatable bonds is 5. The molecule has 0 rings (SSSR count). The second-order valence-electron chi connectivity index (χ2n) is 3.64. The van der Waals surface area contributed by atoms with Crippen LogP contribution < -0.4 is 0 Å². The van der Waals surface area contributed by atoms with E-state index in [-0.39, 0.29) is 0 Å². The van der Waals surface area contributed by atoms with Crippen molar-refractivity contribution in [3.8, 4) is 0 Å².